The molecule has 1 unspecified atom stereocenters. The molecular formula is C21H26O2. The van der Waals surface area contributed by atoms with Gasteiger partial charge in [-0.1, -0.05) is 66.7 Å². The Morgan fingerprint density at radius 1 is 0.957 bits per heavy atom. The van der Waals surface area contributed by atoms with Crippen LogP contribution in [0.5, 0.6) is 0 Å². The van der Waals surface area contributed by atoms with Gasteiger partial charge in [-0.15, -0.1) is 6.58 Å². The highest BCUT2D eigenvalue weighted by molar-refractivity contribution is 5.15. The number of hydrogen-bond donors (Lipinski definition) is 1. The standard InChI is InChI=1S/C21H26O2/c1-2-9-20(22)16-21(15-14-18-10-5-3-6-11-18)23-17-19-12-7-4-8-13-19/h2-8,10-13,20-22H,1,9,14-17H2/t20?,21-/m1/s1. The molecule has 0 bridgehead atoms. The molecule has 0 saturated carbocycles. The largest absolute Gasteiger partial charge is 0.393 e. The molecule has 0 aliphatic rings. The minimum absolute atomic E-state index is 0.0466. The molecule has 2 rings (SSSR count). The van der Waals surface area contributed by atoms with Crippen molar-refractivity contribution < 1.29 is 9.84 Å². The number of rotatable bonds is 10. The van der Waals surface area contributed by atoms with Gasteiger partial charge in [-0.25, -0.2) is 0 Å². The van der Waals surface area contributed by atoms with E-state index in [4.69, 9.17) is 4.74 Å². The Labute approximate surface area is 139 Å². The van der Waals surface area contributed by atoms with Crippen LogP contribution < -0.4 is 0 Å². The van der Waals surface area contributed by atoms with Crippen molar-refractivity contribution in [3.63, 3.8) is 0 Å². The first-order chi connectivity index (χ1) is 11.3. The van der Waals surface area contributed by atoms with Crippen LogP contribution >= 0.6 is 0 Å². The molecule has 122 valence electrons. The van der Waals surface area contributed by atoms with Crippen LogP contribution in [-0.4, -0.2) is 17.3 Å². The van der Waals surface area contributed by atoms with Crippen molar-refractivity contribution in [3.05, 3.63) is 84.4 Å². The van der Waals surface area contributed by atoms with Gasteiger partial charge in [0.05, 0.1) is 18.8 Å². The summed E-state index contributed by atoms with van der Waals surface area (Å²) in [4.78, 5) is 0. The second-order valence-corrected chi connectivity index (χ2v) is 5.86. The van der Waals surface area contributed by atoms with Crippen molar-refractivity contribution in [1.29, 1.82) is 0 Å². The van der Waals surface area contributed by atoms with Crippen molar-refractivity contribution in [2.24, 2.45) is 0 Å². The smallest absolute Gasteiger partial charge is 0.0720 e. The fourth-order valence-corrected chi connectivity index (χ4v) is 2.62. The zero-order valence-electron chi connectivity index (χ0n) is 13.6. The van der Waals surface area contributed by atoms with Crippen molar-refractivity contribution in [3.8, 4) is 0 Å². The van der Waals surface area contributed by atoms with Crippen LogP contribution in [0.1, 0.15) is 30.4 Å². The monoisotopic (exact) mass is 310 g/mol. The Morgan fingerprint density at radius 3 is 2.17 bits per heavy atom. The van der Waals surface area contributed by atoms with Crippen molar-refractivity contribution in [1.82, 2.24) is 0 Å². The quantitative estimate of drug-likeness (QED) is 0.653. The average Bonchev–Trinajstić information content (AvgIpc) is 2.59. The molecule has 0 amide bonds. The van der Waals surface area contributed by atoms with Gasteiger partial charge >= 0.3 is 0 Å². The number of aryl methyl sites for hydroxylation is 1. The SMILES string of the molecule is C=CCC(O)C[C@@H](CCc1ccccc1)OCc1ccccc1. The average molecular weight is 310 g/mol. The van der Waals surface area contributed by atoms with Gasteiger partial charge in [-0.2, -0.15) is 0 Å². The van der Waals surface area contributed by atoms with Crippen LogP contribution in [0.2, 0.25) is 0 Å². The van der Waals surface area contributed by atoms with E-state index < -0.39 is 0 Å². The van der Waals surface area contributed by atoms with Gasteiger partial charge in [0.15, 0.2) is 0 Å². The number of hydrogen-bond acceptors (Lipinski definition) is 2. The fourth-order valence-electron chi connectivity index (χ4n) is 2.62. The first-order valence-corrected chi connectivity index (χ1v) is 8.26. The van der Waals surface area contributed by atoms with E-state index in [0.29, 0.717) is 19.4 Å². The van der Waals surface area contributed by atoms with E-state index in [1.807, 2.05) is 24.3 Å². The third-order valence-corrected chi connectivity index (χ3v) is 3.90. The highest BCUT2D eigenvalue weighted by Gasteiger charge is 2.15. The summed E-state index contributed by atoms with van der Waals surface area (Å²) in [6.45, 7) is 4.28. The minimum Gasteiger partial charge on any atom is -0.393 e. The zero-order chi connectivity index (χ0) is 16.3. The molecule has 0 radical (unpaired) electrons. The first-order valence-electron chi connectivity index (χ1n) is 8.26. The van der Waals surface area contributed by atoms with Gasteiger partial charge in [0.2, 0.25) is 0 Å². The van der Waals surface area contributed by atoms with Gasteiger partial charge in [-0.3, -0.25) is 0 Å². The van der Waals surface area contributed by atoms with E-state index in [1.165, 1.54) is 5.56 Å². The first kappa shape index (κ1) is 17.5. The summed E-state index contributed by atoms with van der Waals surface area (Å²) in [5.41, 5.74) is 2.47. The van der Waals surface area contributed by atoms with Gasteiger partial charge in [0.25, 0.3) is 0 Å². The molecule has 0 fully saturated rings. The van der Waals surface area contributed by atoms with Crippen LogP contribution in [0.25, 0.3) is 0 Å². The normalized spacial score (nSPS) is 13.4. The van der Waals surface area contributed by atoms with Gasteiger partial charge in [-0.05, 0) is 36.8 Å². The number of aliphatic hydroxyl groups excluding tert-OH is 1. The molecule has 1 N–H and O–H groups in total. The van der Waals surface area contributed by atoms with E-state index in [9.17, 15) is 5.11 Å². The maximum absolute atomic E-state index is 10.1. The lowest BCUT2D eigenvalue weighted by atomic mass is 10.0. The molecule has 0 aromatic heterocycles. The summed E-state index contributed by atoms with van der Waals surface area (Å²) in [6.07, 6.45) is 4.54. The van der Waals surface area contributed by atoms with Crippen LogP contribution in [0.4, 0.5) is 0 Å². The molecular weight excluding hydrogens is 284 g/mol. The molecule has 2 atom stereocenters. The third-order valence-electron chi connectivity index (χ3n) is 3.90. The summed E-state index contributed by atoms with van der Waals surface area (Å²) >= 11 is 0. The Balaban J connectivity index is 1.89. The molecule has 2 aromatic carbocycles. The number of ether oxygens (including phenoxy) is 1. The minimum atomic E-state index is -0.385. The number of aliphatic hydroxyl groups is 1. The molecule has 23 heavy (non-hydrogen) atoms. The van der Waals surface area contributed by atoms with Gasteiger partial charge < -0.3 is 9.84 Å². The van der Waals surface area contributed by atoms with E-state index in [2.05, 4.69) is 43.0 Å². The Kier molecular flexibility index (Phi) is 7.58. The third kappa shape index (κ3) is 6.81. The van der Waals surface area contributed by atoms with Crippen molar-refractivity contribution in [2.45, 2.75) is 44.5 Å². The Bertz CT molecular complexity index is 507. The van der Waals surface area contributed by atoms with Crippen LogP contribution in [0, 0.1) is 0 Å². The highest BCUT2D eigenvalue weighted by atomic mass is 16.5. The molecule has 0 saturated heterocycles. The van der Waals surface area contributed by atoms with Crippen LogP contribution in [0.3, 0.4) is 0 Å². The van der Waals surface area contributed by atoms with Crippen molar-refractivity contribution in [2.75, 3.05) is 0 Å². The van der Waals surface area contributed by atoms with Crippen LogP contribution in [0.15, 0.2) is 73.3 Å². The summed E-state index contributed by atoms with van der Waals surface area (Å²) in [5.74, 6) is 0. The lowest BCUT2D eigenvalue weighted by molar-refractivity contribution is 0.000320. The molecule has 0 heterocycles. The Hall–Kier alpha value is -1.90. The topological polar surface area (TPSA) is 29.5 Å². The van der Waals surface area contributed by atoms with Gasteiger partial charge in [0, 0.05) is 0 Å². The molecule has 0 spiro atoms. The summed E-state index contributed by atoms with van der Waals surface area (Å²) < 4.78 is 6.07. The number of benzene rings is 2. The second-order valence-electron chi connectivity index (χ2n) is 5.86. The maximum atomic E-state index is 10.1. The second kappa shape index (κ2) is 9.98. The predicted molar refractivity (Wildman–Crippen MR) is 95.2 cm³/mol. The zero-order valence-corrected chi connectivity index (χ0v) is 13.6. The maximum Gasteiger partial charge on any atom is 0.0720 e. The van der Waals surface area contributed by atoms with E-state index in [0.717, 1.165) is 18.4 Å². The van der Waals surface area contributed by atoms with Crippen LogP contribution in [-0.2, 0) is 17.8 Å². The molecule has 2 nitrogen and oxygen atoms in total. The molecule has 0 aliphatic heterocycles. The molecule has 2 heteroatoms. The lowest BCUT2D eigenvalue weighted by Crippen LogP contribution is -2.21. The fraction of sp³-hybridized carbons (Fsp3) is 0.333. The summed E-state index contributed by atoms with van der Waals surface area (Å²) in [6, 6.07) is 20.6. The van der Waals surface area contributed by atoms with E-state index in [1.54, 1.807) is 6.08 Å². The highest BCUT2D eigenvalue weighted by Crippen LogP contribution is 2.16. The summed E-state index contributed by atoms with van der Waals surface area (Å²) in [5, 5.41) is 10.1. The summed E-state index contributed by atoms with van der Waals surface area (Å²) in [7, 11) is 0. The van der Waals surface area contributed by atoms with Crippen molar-refractivity contribution >= 4 is 0 Å². The van der Waals surface area contributed by atoms with E-state index >= 15 is 0 Å². The molecule has 0 aliphatic carbocycles. The van der Waals surface area contributed by atoms with E-state index in [-0.39, 0.29) is 12.2 Å². The lowest BCUT2D eigenvalue weighted by Gasteiger charge is -2.21. The molecule has 2 aromatic rings. The van der Waals surface area contributed by atoms with Gasteiger partial charge in [0.1, 0.15) is 0 Å². The predicted octanol–water partition coefficient (Wildman–Crippen LogP) is 4.53. The Morgan fingerprint density at radius 2 is 1.57 bits per heavy atom.